The highest BCUT2D eigenvalue weighted by atomic mass is 14.9. The first-order chi connectivity index (χ1) is 8.83. The molecule has 94 valence electrons. The highest BCUT2D eigenvalue weighted by molar-refractivity contribution is 5.85. The van der Waals surface area contributed by atoms with Crippen LogP contribution in [0.5, 0.6) is 0 Å². The molecule has 1 fully saturated rings. The zero-order valence-electron chi connectivity index (χ0n) is 10.9. The van der Waals surface area contributed by atoms with E-state index in [1.54, 1.807) is 0 Å². The lowest BCUT2D eigenvalue weighted by Gasteiger charge is -2.23. The maximum Gasteiger partial charge on any atom is 0.0346 e. The van der Waals surface area contributed by atoms with Crippen LogP contribution in [0, 0.1) is 6.92 Å². The molecule has 18 heavy (non-hydrogen) atoms. The number of fused-ring (bicyclic) bond motifs is 1. The first kappa shape index (κ1) is 11.7. The maximum atomic E-state index is 4.28. The largest absolute Gasteiger partial charge is 0.314 e. The van der Waals surface area contributed by atoms with E-state index in [4.69, 9.17) is 0 Å². The van der Waals surface area contributed by atoms with Crippen molar-refractivity contribution < 1.29 is 0 Å². The van der Waals surface area contributed by atoms with E-state index >= 15 is 0 Å². The van der Waals surface area contributed by atoms with Gasteiger partial charge in [0.25, 0.3) is 0 Å². The second kappa shape index (κ2) is 5.07. The lowest BCUT2D eigenvalue weighted by atomic mass is 9.96. The van der Waals surface area contributed by atoms with Crippen LogP contribution in [-0.2, 0) is 6.42 Å². The van der Waals surface area contributed by atoms with Crippen LogP contribution < -0.4 is 5.32 Å². The number of nitrogens with zero attached hydrogens (tertiary/aromatic N) is 1. The smallest absolute Gasteiger partial charge is 0.0346 e. The number of nitrogens with one attached hydrogen (secondary N) is 1. The van der Waals surface area contributed by atoms with Crippen molar-refractivity contribution in [3.63, 3.8) is 0 Å². The fraction of sp³-hybridized carbons (Fsp3) is 0.438. The Morgan fingerprint density at radius 2 is 2.22 bits per heavy atom. The van der Waals surface area contributed by atoms with Crippen LogP contribution in [0.3, 0.4) is 0 Å². The van der Waals surface area contributed by atoms with Crippen molar-refractivity contribution in [3.8, 4) is 0 Å². The zero-order chi connectivity index (χ0) is 12.4. The molecular formula is C16H20N2. The number of hydrogen-bond acceptors (Lipinski definition) is 2. The van der Waals surface area contributed by atoms with Crippen LogP contribution in [0.4, 0.5) is 0 Å². The quantitative estimate of drug-likeness (QED) is 0.871. The van der Waals surface area contributed by atoms with Gasteiger partial charge < -0.3 is 5.32 Å². The van der Waals surface area contributed by atoms with Gasteiger partial charge in [-0.15, -0.1) is 0 Å². The Hall–Kier alpha value is -1.41. The van der Waals surface area contributed by atoms with Gasteiger partial charge in [-0.2, -0.15) is 0 Å². The minimum absolute atomic E-state index is 0.661. The molecule has 0 aliphatic carbocycles. The van der Waals surface area contributed by atoms with Gasteiger partial charge in [0.05, 0.1) is 0 Å². The Balaban J connectivity index is 1.84. The Morgan fingerprint density at radius 1 is 1.28 bits per heavy atom. The van der Waals surface area contributed by atoms with Crippen molar-refractivity contribution in [2.45, 2.75) is 38.6 Å². The van der Waals surface area contributed by atoms with Crippen molar-refractivity contribution in [2.24, 2.45) is 0 Å². The molecule has 0 saturated carbocycles. The highest BCUT2D eigenvalue weighted by Gasteiger charge is 2.13. The van der Waals surface area contributed by atoms with E-state index < -0.39 is 0 Å². The molecule has 2 heterocycles. The summed E-state index contributed by atoms with van der Waals surface area (Å²) in [6.07, 6.45) is 9.06. The molecular weight excluding hydrogens is 220 g/mol. The molecule has 0 radical (unpaired) electrons. The molecule has 1 saturated heterocycles. The average Bonchev–Trinajstić information content (AvgIpc) is 2.40. The fourth-order valence-corrected chi connectivity index (χ4v) is 2.89. The molecule has 0 amide bonds. The average molecular weight is 240 g/mol. The molecule has 1 aromatic heterocycles. The van der Waals surface area contributed by atoms with Crippen molar-refractivity contribution >= 4 is 10.8 Å². The topological polar surface area (TPSA) is 24.9 Å². The van der Waals surface area contributed by atoms with Crippen molar-refractivity contribution in [3.05, 3.63) is 41.7 Å². The van der Waals surface area contributed by atoms with Gasteiger partial charge in [-0.25, -0.2) is 0 Å². The van der Waals surface area contributed by atoms with E-state index in [0.29, 0.717) is 6.04 Å². The summed E-state index contributed by atoms with van der Waals surface area (Å²) in [7, 11) is 0. The Kier molecular flexibility index (Phi) is 3.28. The van der Waals surface area contributed by atoms with Gasteiger partial charge in [0.15, 0.2) is 0 Å². The maximum absolute atomic E-state index is 4.28. The molecule has 1 N–H and O–H groups in total. The normalized spacial score (nSPS) is 20.2. The third-order valence-corrected chi connectivity index (χ3v) is 3.92. The van der Waals surface area contributed by atoms with Gasteiger partial charge in [0.1, 0.15) is 0 Å². The summed E-state index contributed by atoms with van der Waals surface area (Å²) in [5.74, 6) is 0. The predicted octanol–water partition coefficient (Wildman–Crippen LogP) is 3.23. The lowest BCUT2D eigenvalue weighted by Crippen LogP contribution is -2.35. The van der Waals surface area contributed by atoms with Crippen LogP contribution in [0.2, 0.25) is 0 Å². The van der Waals surface area contributed by atoms with Gasteiger partial charge in [-0.3, -0.25) is 4.98 Å². The SMILES string of the molecule is Cc1cncc2cc(CC3CCCCN3)ccc12. The summed E-state index contributed by atoms with van der Waals surface area (Å²) in [5, 5.41) is 6.20. The Morgan fingerprint density at radius 3 is 3.06 bits per heavy atom. The van der Waals surface area contributed by atoms with E-state index in [1.807, 2.05) is 12.4 Å². The minimum atomic E-state index is 0.661. The molecule has 1 unspecified atom stereocenters. The molecule has 1 aliphatic rings. The number of aryl methyl sites for hydroxylation is 1. The van der Waals surface area contributed by atoms with Crippen LogP contribution in [0.25, 0.3) is 10.8 Å². The first-order valence-corrected chi connectivity index (χ1v) is 6.89. The third kappa shape index (κ3) is 2.39. The van der Waals surface area contributed by atoms with Crippen molar-refractivity contribution in [1.29, 1.82) is 0 Å². The highest BCUT2D eigenvalue weighted by Crippen LogP contribution is 2.20. The van der Waals surface area contributed by atoms with E-state index in [2.05, 4.69) is 35.4 Å². The third-order valence-electron chi connectivity index (χ3n) is 3.92. The van der Waals surface area contributed by atoms with E-state index in [0.717, 1.165) is 6.42 Å². The van der Waals surface area contributed by atoms with Gasteiger partial charge in [-0.05, 0) is 55.3 Å². The zero-order valence-corrected chi connectivity index (χ0v) is 10.9. The minimum Gasteiger partial charge on any atom is -0.314 e. The summed E-state index contributed by atoms with van der Waals surface area (Å²) in [5.41, 5.74) is 2.68. The molecule has 0 spiro atoms. The lowest BCUT2D eigenvalue weighted by molar-refractivity contribution is 0.399. The summed E-state index contributed by atoms with van der Waals surface area (Å²) >= 11 is 0. The van der Waals surface area contributed by atoms with Crippen molar-refractivity contribution in [2.75, 3.05) is 6.54 Å². The first-order valence-electron chi connectivity index (χ1n) is 6.89. The Labute approximate surface area is 108 Å². The number of aromatic nitrogens is 1. The molecule has 1 aromatic carbocycles. The number of piperidine rings is 1. The van der Waals surface area contributed by atoms with E-state index in [1.165, 1.54) is 47.7 Å². The summed E-state index contributed by atoms with van der Waals surface area (Å²) in [6, 6.07) is 7.47. The number of rotatable bonds is 2. The van der Waals surface area contributed by atoms with E-state index in [9.17, 15) is 0 Å². The molecule has 1 aliphatic heterocycles. The predicted molar refractivity (Wildman–Crippen MR) is 75.8 cm³/mol. The van der Waals surface area contributed by atoms with Gasteiger partial charge in [0.2, 0.25) is 0 Å². The Bertz CT molecular complexity index is 542. The number of benzene rings is 1. The molecule has 1 atom stereocenters. The summed E-state index contributed by atoms with van der Waals surface area (Å²) in [4.78, 5) is 4.28. The molecule has 2 nitrogen and oxygen atoms in total. The molecule has 0 bridgehead atoms. The summed E-state index contributed by atoms with van der Waals surface area (Å²) < 4.78 is 0. The molecule has 2 heteroatoms. The second-order valence-electron chi connectivity index (χ2n) is 5.36. The van der Waals surface area contributed by atoms with Crippen LogP contribution in [0.1, 0.15) is 30.4 Å². The fourth-order valence-electron chi connectivity index (χ4n) is 2.89. The number of hydrogen-bond donors (Lipinski definition) is 1. The second-order valence-corrected chi connectivity index (χ2v) is 5.36. The summed E-state index contributed by atoms with van der Waals surface area (Å²) in [6.45, 7) is 3.30. The monoisotopic (exact) mass is 240 g/mol. The van der Waals surface area contributed by atoms with Crippen LogP contribution in [0.15, 0.2) is 30.6 Å². The van der Waals surface area contributed by atoms with Gasteiger partial charge in [-0.1, -0.05) is 18.6 Å². The van der Waals surface area contributed by atoms with Crippen LogP contribution in [-0.4, -0.2) is 17.6 Å². The van der Waals surface area contributed by atoms with E-state index in [-0.39, 0.29) is 0 Å². The number of pyridine rings is 1. The van der Waals surface area contributed by atoms with Gasteiger partial charge in [0, 0.05) is 23.8 Å². The van der Waals surface area contributed by atoms with Gasteiger partial charge >= 0.3 is 0 Å². The molecule has 3 rings (SSSR count). The van der Waals surface area contributed by atoms with Crippen molar-refractivity contribution in [1.82, 2.24) is 10.3 Å². The molecule has 2 aromatic rings. The standard InChI is InChI=1S/C16H20N2/c1-12-10-17-11-14-8-13(5-6-16(12)14)9-15-4-2-3-7-18-15/h5-6,8,10-11,15,18H,2-4,7,9H2,1H3. The van der Waals surface area contributed by atoms with Crippen LogP contribution >= 0.6 is 0 Å².